The SMILES string of the molecule is CCc1[nH]nc2nc(C(C)(C)C)cc(-c3ccc(NC(=O)Nc4cc(C)ccc4F)cc3)c12. The Balaban J connectivity index is 1.62. The van der Waals surface area contributed by atoms with E-state index in [0.717, 1.165) is 39.9 Å². The van der Waals surface area contributed by atoms with Crippen molar-refractivity contribution in [2.24, 2.45) is 0 Å². The van der Waals surface area contributed by atoms with Crippen LogP contribution in [0.5, 0.6) is 0 Å². The zero-order valence-corrected chi connectivity index (χ0v) is 19.5. The number of halogens is 1. The standard InChI is InChI=1S/C26H28FN5O/c1-6-20-23-18(14-22(26(3,4)5)30-24(23)32-31-20)16-8-10-17(11-9-16)28-25(33)29-21-13-15(2)7-12-19(21)27/h7-14H,6H2,1-5H3,(H2,28,29,33)(H,30,31,32). The summed E-state index contributed by atoms with van der Waals surface area (Å²) in [7, 11) is 0. The Bertz CT molecular complexity index is 1320. The summed E-state index contributed by atoms with van der Waals surface area (Å²) in [4.78, 5) is 17.1. The second-order valence-electron chi connectivity index (χ2n) is 9.20. The third-order valence-electron chi connectivity index (χ3n) is 5.54. The maximum absolute atomic E-state index is 13.9. The van der Waals surface area contributed by atoms with Crippen LogP contribution in [0.25, 0.3) is 22.2 Å². The number of rotatable bonds is 4. The summed E-state index contributed by atoms with van der Waals surface area (Å²) in [5.41, 5.74) is 6.23. The minimum Gasteiger partial charge on any atom is -0.308 e. The van der Waals surface area contributed by atoms with Crippen LogP contribution >= 0.6 is 0 Å². The highest BCUT2D eigenvalue weighted by Gasteiger charge is 2.21. The maximum Gasteiger partial charge on any atom is 0.323 e. The van der Waals surface area contributed by atoms with Gasteiger partial charge in [0, 0.05) is 27.9 Å². The number of carbonyl (C=O) groups excluding carboxylic acids is 1. The first-order valence-corrected chi connectivity index (χ1v) is 11.0. The van der Waals surface area contributed by atoms with E-state index in [4.69, 9.17) is 4.98 Å². The Hall–Kier alpha value is -3.74. The third-order valence-corrected chi connectivity index (χ3v) is 5.54. The van der Waals surface area contributed by atoms with Crippen molar-refractivity contribution in [2.45, 2.75) is 46.5 Å². The number of hydrogen-bond donors (Lipinski definition) is 3. The molecule has 3 N–H and O–H groups in total. The molecule has 6 nitrogen and oxygen atoms in total. The molecule has 0 fully saturated rings. The summed E-state index contributed by atoms with van der Waals surface area (Å²) in [5.74, 6) is -0.478. The largest absolute Gasteiger partial charge is 0.323 e. The van der Waals surface area contributed by atoms with E-state index in [1.807, 2.05) is 31.2 Å². The van der Waals surface area contributed by atoms with Gasteiger partial charge in [-0.1, -0.05) is 45.9 Å². The summed E-state index contributed by atoms with van der Waals surface area (Å²) >= 11 is 0. The highest BCUT2D eigenvalue weighted by atomic mass is 19.1. The van der Waals surface area contributed by atoms with Gasteiger partial charge in [-0.15, -0.1) is 0 Å². The molecule has 7 heteroatoms. The Morgan fingerprint density at radius 1 is 1.06 bits per heavy atom. The molecular formula is C26H28FN5O. The molecule has 4 aromatic rings. The zero-order chi connectivity index (χ0) is 23.8. The number of aromatic amines is 1. The highest BCUT2D eigenvalue weighted by molar-refractivity contribution is 6.00. The molecule has 0 atom stereocenters. The summed E-state index contributed by atoms with van der Waals surface area (Å²) in [6.45, 7) is 10.3. The molecule has 33 heavy (non-hydrogen) atoms. The summed E-state index contributed by atoms with van der Waals surface area (Å²) in [6, 6.07) is 13.8. The van der Waals surface area contributed by atoms with Crippen molar-refractivity contribution in [3.05, 3.63) is 71.3 Å². The fourth-order valence-electron chi connectivity index (χ4n) is 3.71. The Kier molecular flexibility index (Phi) is 5.89. The van der Waals surface area contributed by atoms with Gasteiger partial charge in [-0.05, 0) is 60.4 Å². The number of nitrogens with one attached hydrogen (secondary N) is 3. The van der Waals surface area contributed by atoms with Gasteiger partial charge in [-0.2, -0.15) is 5.10 Å². The number of benzene rings is 2. The van der Waals surface area contributed by atoms with Gasteiger partial charge >= 0.3 is 6.03 Å². The van der Waals surface area contributed by atoms with Gasteiger partial charge in [0.25, 0.3) is 0 Å². The number of H-pyrrole nitrogens is 1. The molecule has 0 spiro atoms. The predicted octanol–water partition coefficient (Wildman–Crippen LogP) is 6.58. The van der Waals surface area contributed by atoms with Crippen LogP contribution in [-0.4, -0.2) is 21.2 Å². The fourth-order valence-corrected chi connectivity index (χ4v) is 3.71. The number of nitrogens with zero attached hydrogens (tertiary/aromatic N) is 2. The van der Waals surface area contributed by atoms with E-state index in [2.05, 4.69) is 54.6 Å². The Labute approximate surface area is 192 Å². The van der Waals surface area contributed by atoms with Crippen molar-refractivity contribution in [2.75, 3.05) is 10.6 Å². The maximum atomic E-state index is 13.9. The van der Waals surface area contributed by atoms with Crippen molar-refractivity contribution in [1.29, 1.82) is 0 Å². The van der Waals surface area contributed by atoms with Crippen molar-refractivity contribution < 1.29 is 9.18 Å². The minimum atomic E-state index is -0.503. The summed E-state index contributed by atoms with van der Waals surface area (Å²) in [6.07, 6.45) is 0.815. The molecule has 170 valence electrons. The normalized spacial score (nSPS) is 11.6. The lowest BCUT2D eigenvalue weighted by molar-refractivity contribution is 0.262. The molecule has 2 heterocycles. The molecule has 0 aliphatic rings. The molecule has 0 saturated heterocycles. The van der Waals surface area contributed by atoms with Gasteiger partial charge in [-0.25, -0.2) is 14.2 Å². The van der Waals surface area contributed by atoms with Gasteiger partial charge < -0.3 is 10.6 Å². The average Bonchev–Trinajstić information content (AvgIpc) is 3.19. The number of aromatic nitrogens is 3. The number of aryl methyl sites for hydroxylation is 2. The average molecular weight is 446 g/mol. The Morgan fingerprint density at radius 3 is 2.45 bits per heavy atom. The summed E-state index contributed by atoms with van der Waals surface area (Å²) in [5, 5.41) is 13.9. The molecule has 0 radical (unpaired) electrons. The molecule has 2 aromatic carbocycles. The first kappa shape index (κ1) is 22.5. The summed E-state index contributed by atoms with van der Waals surface area (Å²) < 4.78 is 13.9. The van der Waals surface area contributed by atoms with E-state index in [1.54, 1.807) is 12.1 Å². The van der Waals surface area contributed by atoms with Crippen LogP contribution in [0.2, 0.25) is 0 Å². The number of hydrogen-bond acceptors (Lipinski definition) is 3. The molecule has 2 aromatic heterocycles. The lowest BCUT2D eigenvalue weighted by atomic mass is 9.89. The third kappa shape index (κ3) is 4.72. The van der Waals surface area contributed by atoms with E-state index in [9.17, 15) is 9.18 Å². The smallest absolute Gasteiger partial charge is 0.308 e. The molecule has 0 unspecified atom stereocenters. The van der Waals surface area contributed by atoms with Gasteiger partial charge in [0.1, 0.15) is 5.82 Å². The van der Waals surface area contributed by atoms with Gasteiger partial charge in [0.05, 0.1) is 5.69 Å². The second-order valence-corrected chi connectivity index (χ2v) is 9.20. The minimum absolute atomic E-state index is 0.126. The predicted molar refractivity (Wildman–Crippen MR) is 131 cm³/mol. The van der Waals surface area contributed by atoms with Crippen LogP contribution in [0.3, 0.4) is 0 Å². The molecular weight excluding hydrogens is 417 g/mol. The van der Waals surface area contributed by atoms with Crippen LogP contribution in [0.4, 0.5) is 20.6 Å². The van der Waals surface area contributed by atoms with Crippen LogP contribution in [-0.2, 0) is 11.8 Å². The van der Waals surface area contributed by atoms with E-state index >= 15 is 0 Å². The van der Waals surface area contributed by atoms with Crippen LogP contribution in [0, 0.1) is 12.7 Å². The number of pyridine rings is 1. The fraction of sp³-hybridized carbons (Fsp3) is 0.269. The van der Waals surface area contributed by atoms with Crippen LogP contribution in [0.1, 0.15) is 44.6 Å². The number of fused-ring (bicyclic) bond motifs is 1. The lowest BCUT2D eigenvalue weighted by Crippen LogP contribution is -2.20. The number of anilines is 2. The molecule has 2 amide bonds. The lowest BCUT2D eigenvalue weighted by Gasteiger charge is -2.19. The number of amides is 2. The van der Waals surface area contributed by atoms with Crippen molar-refractivity contribution in [1.82, 2.24) is 15.2 Å². The van der Waals surface area contributed by atoms with Crippen molar-refractivity contribution in [3.63, 3.8) is 0 Å². The Morgan fingerprint density at radius 2 is 1.79 bits per heavy atom. The van der Waals surface area contributed by atoms with Gasteiger partial charge in [-0.3, -0.25) is 5.10 Å². The monoisotopic (exact) mass is 445 g/mol. The van der Waals surface area contributed by atoms with Crippen LogP contribution < -0.4 is 10.6 Å². The van der Waals surface area contributed by atoms with Crippen molar-refractivity contribution in [3.8, 4) is 11.1 Å². The topological polar surface area (TPSA) is 82.7 Å². The van der Waals surface area contributed by atoms with Crippen LogP contribution in [0.15, 0.2) is 48.5 Å². The number of urea groups is 1. The van der Waals surface area contributed by atoms with E-state index in [-0.39, 0.29) is 11.1 Å². The molecule has 0 bridgehead atoms. The number of carbonyl (C=O) groups is 1. The second kappa shape index (κ2) is 8.65. The molecule has 4 rings (SSSR count). The molecule has 0 aliphatic heterocycles. The first-order valence-electron chi connectivity index (χ1n) is 11.0. The van der Waals surface area contributed by atoms with E-state index in [0.29, 0.717) is 11.3 Å². The van der Waals surface area contributed by atoms with E-state index in [1.165, 1.54) is 6.07 Å². The quantitative estimate of drug-likeness (QED) is 0.332. The van der Waals surface area contributed by atoms with Crippen molar-refractivity contribution >= 4 is 28.4 Å². The van der Waals surface area contributed by atoms with Gasteiger partial charge in [0.15, 0.2) is 5.65 Å². The first-order chi connectivity index (χ1) is 15.7. The zero-order valence-electron chi connectivity index (χ0n) is 19.5. The van der Waals surface area contributed by atoms with E-state index < -0.39 is 11.8 Å². The highest BCUT2D eigenvalue weighted by Crippen LogP contribution is 2.34. The van der Waals surface area contributed by atoms with Gasteiger partial charge in [0.2, 0.25) is 0 Å². The molecule has 0 aliphatic carbocycles. The molecule has 0 saturated carbocycles.